The molecule has 0 aliphatic carbocycles. The van der Waals surface area contributed by atoms with Crippen LogP contribution in [0.25, 0.3) is 0 Å². The van der Waals surface area contributed by atoms with Crippen LogP contribution in [0.5, 0.6) is 0 Å². The summed E-state index contributed by atoms with van der Waals surface area (Å²) in [6, 6.07) is 6.26. The quantitative estimate of drug-likeness (QED) is 0.829. The summed E-state index contributed by atoms with van der Waals surface area (Å²) in [7, 11) is 0. The van der Waals surface area contributed by atoms with Crippen molar-refractivity contribution in [3.63, 3.8) is 0 Å². The van der Waals surface area contributed by atoms with E-state index < -0.39 is 11.4 Å². The zero-order chi connectivity index (χ0) is 14.5. The van der Waals surface area contributed by atoms with Gasteiger partial charge in [0.05, 0.1) is 11.3 Å². The lowest BCUT2D eigenvalue weighted by Crippen LogP contribution is -2.34. The summed E-state index contributed by atoms with van der Waals surface area (Å²) in [6.07, 6.45) is 1.58. The minimum Gasteiger partial charge on any atom is -0.388 e. The van der Waals surface area contributed by atoms with Gasteiger partial charge in [0.25, 0.3) is 0 Å². The van der Waals surface area contributed by atoms with Crippen molar-refractivity contribution >= 4 is 5.69 Å². The lowest BCUT2D eigenvalue weighted by atomic mass is 9.95. The van der Waals surface area contributed by atoms with Gasteiger partial charge in [-0.1, -0.05) is 19.9 Å². The molecule has 104 valence electrons. The Kier molecular flexibility index (Phi) is 5.31. The Bertz CT molecular complexity index is 464. The first-order valence-electron chi connectivity index (χ1n) is 6.50. The van der Waals surface area contributed by atoms with E-state index in [4.69, 9.17) is 5.26 Å². The van der Waals surface area contributed by atoms with Gasteiger partial charge in [-0.05, 0) is 37.8 Å². The highest BCUT2D eigenvalue weighted by atomic mass is 19.1. The molecule has 1 unspecified atom stereocenters. The number of anilines is 1. The highest BCUT2D eigenvalue weighted by Gasteiger charge is 2.21. The van der Waals surface area contributed by atoms with Gasteiger partial charge in [0.2, 0.25) is 0 Å². The van der Waals surface area contributed by atoms with Crippen molar-refractivity contribution in [2.24, 2.45) is 5.92 Å². The van der Waals surface area contributed by atoms with Crippen LogP contribution in [0.3, 0.4) is 0 Å². The molecule has 2 N–H and O–H groups in total. The average molecular weight is 264 g/mol. The van der Waals surface area contributed by atoms with E-state index in [0.29, 0.717) is 18.0 Å². The molecule has 1 rings (SSSR count). The Labute approximate surface area is 114 Å². The van der Waals surface area contributed by atoms with E-state index in [1.165, 1.54) is 6.07 Å². The second kappa shape index (κ2) is 6.53. The molecule has 0 radical (unpaired) electrons. The highest BCUT2D eigenvalue weighted by molar-refractivity contribution is 5.58. The summed E-state index contributed by atoms with van der Waals surface area (Å²) in [5.74, 6) is -0.0235. The fraction of sp³-hybridized carbons (Fsp3) is 0.533. The van der Waals surface area contributed by atoms with Crippen LogP contribution >= 0.6 is 0 Å². The molecule has 0 fully saturated rings. The van der Waals surface area contributed by atoms with Gasteiger partial charge < -0.3 is 10.4 Å². The number of nitriles is 1. The lowest BCUT2D eigenvalue weighted by molar-refractivity contribution is 0.0586. The molecule has 3 nitrogen and oxygen atoms in total. The molecule has 4 heteroatoms. The summed E-state index contributed by atoms with van der Waals surface area (Å²) in [4.78, 5) is 0. The van der Waals surface area contributed by atoms with Crippen LogP contribution in [0.1, 0.15) is 39.2 Å². The molecule has 0 saturated heterocycles. The van der Waals surface area contributed by atoms with Crippen LogP contribution < -0.4 is 5.32 Å². The molecule has 19 heavy (non-hydrogen) atoms. The Morgan fingerprint density at radius 2 is 2.16 bits per heavy atom. The summed E-state index contributed by atoms with van der Waals surface area (Å²) >= 11 is 0. The Morgan fingerprint density at radius 1 is 1.47 bits per heavy atom. The molecule has 0 heterocycles. The van der Waals surface area contributed by atoms with E-state index in [0.717, 1.165) is 6.42 Å². The molecule has 1 aromatic rings. The Hall–Kier alpha value is -1.60. The van der Waals surface area contributed by atoms with Gasteiger partial charge in [-0.15, -0.1) is 0 Å². The number of hydrogen-bond donors (Lipinski definition) is 2. The SMILES string of the molecule is CC(C)CCC(C)(O)CNc1cccc(F)c1C#N. The van der Waals surface area contributed by atoms with Gasteiger partial charge in [-0.25, -0.2) is 4.39 Å². The van der Waals surface area contributed by atoms with E-state index >= 15 is 0 Å². The van der Waals surface area contributed by atoms with Gasteiger partial charge in [-0.2, -0.15) is 5.26 Å². The molecular formula is C15H21FN2O. The third-order valence-corrected chi connectivity index (χ3v) is 3.05. The zero-order valence-electron chi connectivity index (χ0n) is 11.7. The minimum absolute atomic E-state index is 0.0119. The Balaban J connectivity index is 2.67. The summed E-state index contributed by atoms with van der Waals surface area (Å²) in [5.41, 5.74) is -0.460. The molecule has 0 aliphatic rings. The second-order valence-corrected chi connectivity index (χ2v) is 5.56. The van der Waals surface area contributed by atoms with E-state index in [1.807, 2.05) is 6.07 Å². The van der Waals surface area contributed by atoms with Crippen molar-refractivity contribution in [3.8, 4) is 6.07 Å². The summed E-state index contributed by atoms with van der Waals surface area (Å²) < 4.78 is 13.4. The normalized spacial score (nSPS) is 13.9. The second-order valence-electron chi connectivity index (χ2n) is 5.56. The molecule has 0 aromatic heterocycles. The first-order chi connectivity index (χ1) is 8.85. The number of hydrogen-bond acceptors (Lipinski definition) is 3. The number of halogens is 1. The van der Waals surface area contributed by atoms with Crippen molar-refractivity contribution < 1.29 is 9.50 Å². The first-order valence-corrected chi connectivity index (χ1v) is 6.50. The van der Waals surface area contributed by atoms with Gasteiger partial charge in [-0.3, -0.25) is 0 Å². The van der Waals surface area contributed by atoms with E-state index in [-0.39, 0.29) is 12.1 Å². The number of benzene rings is 1. The van der Waals surface area contributed by atoms with Crippen LogP contribution in [-0.4, -0.2) is 17.3 Å². The maximum Gasteiger partial charge on any atom is 0.143 e. The fourth-order valence-corrected chi connectivity index (χ4v) is 1.76. The topological polar surface area (TPSA) is 56.0 Å². The third-order valence-electron chi connectivity index (χ3n) is 3.05. The van der Waals surface area contributed by atoms with Crippen LogP contribution in [-0.2, 0) is 0 Å². The van der Waals surface area contributed by atoms with Crippen molar-refractivity contribution in [2.45, 2.75) is 39.2 Å². The average Bonchev–Trinajstić information content (AvgIpc) is 2.34. The Morgan fingerprint density at radius 3 is 2.74 bits per heavy atom. The molecule has 0 saturated carbocycles. The number of rotatable bonds is 6. The predicted molar refractivity (Wildman–Crippen MR) is 74.3 cm³/mol. The number of nitrogens with zero attached hydrogens (tertiary/aromatic N) is 1. The molecular weight excluding hydrogens is 243 g/mol. The number of nitrogens with one attached hydrogen (secondary N) is 1. The van der Waals surface area contributed by atoms with Gasteiger partial charge in [0.1, 0.15) is 17.4 Å². The molecule has 0 bridgehead atoms. The van der Waals surface area contributed by atoms with Crippen molar-refractivity contribution in [1.82, 2.24) is 0 Å². The maximum atomic E-state index is 13.4. The minimum atomic E-state index is -0.872. The molecule has 0 spiro atoms. The smallest absolute Gasteiger partial charge is 0.143 e. The molecule has 1 atom stereocenters. The van der Waals surface area contributed by atoms with Crippen LogP contribution in [0.4, 0.5) is 10.1 Å². The lowest BCUT2D eigenvalue weighted by Gasteiger charge is -2.25. The van der Waals surface area contributed by atoms with E-state index in [1.54, 1.807) is 19.1 Å². The third kappa shape index (κ3) is 4.88. The zero-order valence-corrected chi connectivity index (χ0v) is 11.7. The van der Waals surface area contributed by atoms with Gasteiger partial charge in [0.15, 0.2) is 0 Å². The standard InChI is InChI=1S/C15H21FN2O/c1-11(2)7-8-15(3,19)10-18-14-6-4-5-13(16)12(14)9-17/h4-6,11,18-19H,7-8,10H2,1-3H3. The predicted octanol–water partition coefficient (Wildman–Crippen LogP) is 3.30. The highest BCUT2D eigenvalue weighted by Crippen LogP contribution is 2.21. The van der Waals surface area contributed by atoms with Crippen LogP contribution in [0.15, 0.2) is 18.2 Å². The summed E-state index contributed by atoms with van der Waals surface area (Å²) in [5, 5.41) is 22.1. The van der Waals surface area contributed by atoms with Crippen molar-refractivity contribution in [2.75, 3.05) is 11.9 Å². The first kappa shape index (κ1) is 15.5. The van der Waals surface area contributed by atoms with Gasteiger partial charge >= 0.3 is 0 Å². The molecule has 1 aromatic carbocycles. The monoisotopic (exact) mass is 264 g/mol. The number of aliphatic hydroxyl groups is 1. The largest absolute Gasteiger partial charge is 0.388 e. The molecule has 0 amide bonds. The van der Waals surface area contributed by atoms with Crippen LogP contribution in [0.2, 0.25) is 0 Å². The van der Waals surface area contributed by atoms with E-state index in [2.05, 4.69) is 19.2 Å². The van der Waals surface area contributed by atoms with Crippen LogP contribution in [0, 0.1) is 23.1 Å². The van der Waals surface area contributed by atoms with Crippen molar-refractivity contribution in [1.29, 1.82) is 5.26 Å². The maximum absolute atomic E-state index is 13.4. The van der Waals surface area contributed by atoms with E-state index in [9.17, 15) is 9.50 Å². The summed E-state index contributed by atoms with van der Waals surface area (Å²) in [6.45, 7) is 6.24. The van der Waals surface area contributed by atoms with Crippen molar-refractivity contribution in [3.05, 3.63) is 29.6 Å². The van der Waals surface area contributed by atoms with Gasteiger partial charge in [0, 0.05) is 6.54 Å². The molecule has 0 aliphatic heterocycles. The fourth-order valence-electron chi connectivity index (χ4n) is 1.76.